The van der Waals surface area contributed by atoms with Gasteiger partial charge in [-0.2, -0.15) is 4.98 Å². The first-order chi connectivity index (χ1) is 9.82. The molecule has 114 valence electrons. The van der Waals surface area contributed by atoms with Gasteiger partial charge < -0.3 is 9.42 Å². The van der Waals surface area contributed by atoms with Crippen LogP contribution in [-0.4, -0.2) is 38.4 Å². The quantitative estimate of drug-likeness (QED) is 0.843. The van der Waals surface area contributed by atoms with Gasteiger partial charge in [0.15, 0.2) is 9.84 Å². The van der Waals surface area contributed by atoms with Crippen LogP contribution in [0.2, 0.25) is 0 Å². The molecule has 0 amide bonds. The zero-order valence-electron chi connectivity index (χ0n) is 12.6. The molecule has 0 saturated carbocycles. The van der Waals surface area contributed by atoms with E-state index in [4.69, 9.17) is 4.52 Å². The summed E-state index contributed by atoms with van der Waals surface area (Å²) in [6.07, 6.45) is 1.15. The first-order valence-electron chi connectivity index (χ1n) is 6.67. The van der Waals surface area contributed by atoms with E-state index in [9.17, 15) is 8.42 Å². The number of sulfone groups is 1. The minimum Gasteiger partial charge on any atom is -0.375 e. The lowest BCUT2D eigenvalue weighted by Crippen LogP contribution is -2.15. The average molecular weight is 309 g/mol. The van der Waals surface area contributed by atoms with Crippen LogP contribution in [0, 0.1) is 0 Å². The highest BCUT2D eigenvalue weighted by Crippen LogP contribution is 2.24. The van der Waals surface area contributed by atoms with Gasteiger partial charge >= 0.3 is 0 Å². The van der Waals surface area contributed by atoms with Gasteiger partial charge in [-0.05, 0) is 38.1 Å². The molecule has 7 heteroatoms. The molecule has 1 aromatic heterocycles. The Bertz CT molecular complexity index is 707. The van der Waals surface area contributed by atoms with Crippen LogP contribution in [0.3, 0.4) is 0 Å². The lowest BCUT2D eigenvalue weighted by Gasteiger charge is -2.16. The van der Waals surface area contributed by atoms with Crippen molar-refractivity contribution < 1.29 is 12.9 Å². The van der Waals surface area contributed by atoms with Crippen LogP contribution < -0.4 is 4.90 Å². The molecule has 21 heavy (non-hydrogen) atoms. The second kappa shape index (κ2) is 5.85. The van der Waals surface area contributed by atoms with E-state index >= 15 is 0 Å². The van der Waals surface area contributed by atoms with Crippen molar-refractivity contribution in [2.45, 2.75) is 19.1 Å². The summed E-state index contributed by atoms with van der Waals surface area (Å²) in [5.41, 5.74) is 1.88. The molecule has 0 aliphatic heterocycles. The van der Waals surface area contributed by atoms with E-state index in [2.05, 4.69) is 22.0 Å². The molecule has 0 fully saturated rings. The first-order valence-corrected chi connectivity index (χ1v) is 8.62. The Morgan fingerprint density at radius 3 is 2.43 bits per heavy atom. The fraction of sp³-hybridized carbons (Fsp3) is 0.429. The normalized spacial score (nSPS) is 13.1. The fourth-order valence-corrected chi connectivity index (χ4v) is 2.21. The third-order valence-corrected chi connectivity index (χ3v) is 4.96. The van der Waals surface area contributed by atoms with E-state index in [0.717, 1.165) is 24.1 Å². The van der Waals surface area contributed by atoms with Crippen LogP contribution in [0.25, 0.3) is 11.4 Å². The third-order valence-electron chi connectivity index (χ3n) is 3.47. The molecule has 1 heterocycles. The van der Waals surface area contributed by atoms with Gasteiger partial charge in [0.05, 0.1) is 0 Å². The molecule has 2 rings (SSSR count). The predicted molar refractivity (Wildman–Crippen MR) is 81.9 cm³/mol. The maximum atomic E-state index is 11.5. The molecule has 0 N–H and O–H groups in total. The SMILES string of the molecule is CCN(C)c1ccc(-c2noc([C@H](C)S(C)(=O)=O)n2)cc1. The monoisotopic (exact) mass is 309 g/mol. The van der Waals surface area contributed by atoms with Gasteiger partial charge in [-0.1, -0.05) is 5.16 Å². The Morgan fingerprint density at radius 1 is 1.29 bits per heavy atom. The molecule has 0 saturated heterocycles. The molecule has 0 spiro atoms. The summed E-state index contributed by atoms with van der Waals surface area (Å²) < 4.78 is 28.0. The van der Waals surface area contributed by atoms with Gasteiger partial charge in [-0.25, -0.2) is 8.42 Å². The number of rotatable bonds is 5. The third kappa shape index (κ3) is 3.41. The Labute approximate surface area is 124 Å². The lowest BCUT2D eigenvalue weighted by molar-refractivity contribution is 0.377. The molecular weight excluding hydrogens is 290 g/mol. The summed E-state index contributed by atoms with van der Waals surface area (Å²) in [7, 11) is -1.24. The second-order valence-corrected chi connectivity index (χ2v) is 7.36. The largest absolute Gasteiger partial charge is 0.375 e. The van der Waals surface area contributed by atoms with E-state index in [1.807, 2.05) is 31.3 Å². The van der Waals surface area contributed by atoms with E-state index < -0.39 is 15.1 Å². The number of anilines is 1. The molecule has 2 aromatic rings. The Kier molecular flexibility index (Phi) is 4.32. The highest BCUT2D eigenvalue weighted by atomic mass is 32.2. The van der Waals surface area contributed by atoms with E-state index in [0.29, 0.717) is 5.82 Å². The summed E-state index contributed by atoms with van der Waals surface area (Å²) in [5.74, 6) is 0.508. The van der Waals surface area contributed by atoms with Crippen LogP contribution in [0.5, 0.6) is 0 Å². The van der Waals surface area contributed by atoms with Crippen LogP contribution in [0.15, 0.2) is 28.8 Å². The van der Waals surface area contributed by atoms with Crippen molar-refractivity contribution in [1.82, 2.24) is 10.1 Å². The molecule has 1 atom stereocenters. The summed E-state index contributed by atoms with van der Waals surface area (Å²) in [6, 6.07) is 7.71. The van der Waals surface area contributed by atoms with Gasteiger partial charge in [-0.15, -0.1) is 0 Å². The van der Waals surface area contributed by atoms with Crippen LogP contribution in [-0.2, 0) is 9.84 Å². The lowest BCUT2D eigenvalue weighted by atomic mass is 10.2. The number of aromatic nitrogens is 2. The van der Waals surface area contributed by atoms with Gasteiger partial charge in [0.2, 0.25) is 11.7 Å². The van der Waals surface area contributed by atoms with Crippen molar-refractivity contribution in [1.29, 1.82) is 0 Å². The molecule has 0 aliphatic rings. The minimum absolute atomic E-state index is 0.113. The van der Waals surface area contributed by atoms with Gasteiger partial charge in [0, 0.05) is 31.1 Å². The van der Waals surface area contributed by atoms with Gasteiger partial charge in [0.25, 0.3) is 0 Å². The van der Waals surface area contributed by atoms with Gasteiger partial charge in [0.1, 0.15) is 5.25 Å². The minimum atomic E-state index is -3.25. The molecular formula is C14H19N3O3S. The topological polar surface area (TPSA) is 76.3 Å². The molecule has 0 aliphatic carbocycles. The van der Waals surface area contributed by atoms with Crippen LogP contribution in [0.1, 0.15) is 25.0 Å². The molecule has 0 bridgehead atoms. The van der Waals surface area contributed by atoms with Crippen LogP contribution >= 0.6 is 0 Å². The summed E-state index contributed by atoms with van der Waals surface area (Å²) in [6.45, 7) is 4.52. The highest BCUT2D eigenvalue weighted by Gasteiger charge is 2.24. The van der Waals surface area contributed by atoms with Crippen molar-refractivity contribution in [2.24, 2.45) is 0 Å². The molecule has 6 nitrogen and oxygen atoms in total. The van der Waals surface area contributed by atoms with Crippen molar-refractivity contribution in [3.05, 3.63) is 30.2 Å². The summed E-state index contributed by atoms with van der Waals surface area (Å²) in [5, 5.41) is 3.05. The maximum Gasteiger partial charge on any atom is 0.244 e. The summed E-state index contributed by atoms with van der Waals surface area (Å²) in [4.78, 5) is 6.28. The Balaban J connectivity index is 2.26. The van der Waals surface area contributed by atoms with E-state index in [1.54, 1.807) is 0 Å². The fourth-order valence-electron chi connectivity index (χ4n) is 1.75. The Hall–Kier alpha value is -1.89. The van der Waals surface area contributed by atoms with Crippen molar-refractivity contribution in [3.8, 4) is 11.4 Å². The number of nitrogens with zero attached hydrogens (tertiary/aromatic N) is 3. The van der Waals surface area contributed by atoms with Crippen molar-refractivity contribution >= 4 is 15.5 Å². The smallest absolute Gasteiger partial charge is 0.244 e. The average Bonchev–Trinajstić information content (AvgIpc) is 2.94. The van der Waals surface area contributed by atoms with E-state index in [1.165, 1.54) is 6.92 Å². The molecule has 1 aromatic carbocycles. The summed E-state index contributed by atoms with van der Waals surface area (Å²) >= 11 is 0. The number of hydrogen-bond acceptors (Lipinski definition) is 6. The molecule has 0 radical (unpaired) electrons. The van der Waals surface area contributed by atoms with Crippen molar-refractivity contribution in [3.63, 3.8) is 0 Å². The maximum absolute atomic E-state index is 11.5. The van der Waals surface area contributed by atoms with Crippen LogP contribution in [0.4, 0.5) is 5.69 Å². The zero-order chi connectivity index (χ0) is 15.6. The van der Waals surface area contributed by atoms with Crippen molar-refractivity contribution in [2.75, 3.05) is 24.7 Å². The second-order valence-electron chi connectivity index (χ2n) is 4.99. The Morgan fingerprint density at radius 2 is 1.90 bits per heavy atom. The standard InChI is InChI=1S/C14H19N3O3S/c1-5-17(3)12-8-6-11(7-9-12)13-15-14(20-16-13)10(2)21(4,18)19/h6-10H,5H2,1-4H3/t10-/m0/s1. The first kappa shape index (κ1) is 15.5. The molecule has 0 unspecified atom stereocenters. The van der Waals surface area contributed by atoms with Gasteiger partial charge in [-0.3, -0.25) is 0 Å². The van der Waals surface area contributed by atoms with E-state index in [-0.39, 0.29) is 5.89 Å². The predicted octanol–water partition coefficient (Wildman–Crippen LogP) is 2.30. The number of benzene rings is 1. The highest BCUT2D eigenvalue weighted by molar-refractivity contribution is 7.90. The zero-order valence-corrected chi connectivity index (χ0v) is 13.4. The number of hydrogen-bond donors (Lipinski definition) is 0.